The van der Waals surface area contributed by atoms with Crippen LogP contribution in [0.1, 0.15) is 19.6 Å². The summed E-state index contributed by atoms with van der Waals surface area (Å²) in [7, 11) is 1.73. The van der Waals surface area contributed by atoms with Gasteiger partial charge in [-0.15, -0.1) is 0 Å². The number of furan rings is 1. The summed E-state index contributed by atoms with van der Waals surface area (Å²) in [6.45, 7) is 7.45. The van der Waals surface area contributed by atoms with Crippen LogP contribution in [0, 0.1) is 5.92 Å². The number of methoxy groups -OCH3 is 1. The molecule has 17 heavy (non-hydrogen) atoms. The van der Waals surface area contributed by atoms with E-state index >= 15 is 0 Å². The Balaban J connectivity index is 2.62. The fraction of sp³-hybridized carbons (Fsp3) is 0.692. The molecule has 1 aromatic heterocycles. The zero-order chi connectivity index (χ0) is 12.7. The van der Waals surface area contributed by atoms with Crippen LogP contribution in [0.4, 0.5) is 0 Å². The largest absolute Gasteiger partial charge is 0.468 e. The SMILES string of the molecule is CCN(Cc1ccco1)C(CN)C(C)COC. The normalized spacial score (nSPS) is 15.1. The van der Waals surface area contributed by atoms with Gasteiger partial charge in [-0.05, 0) is 24.6 Å². The van der Waals surface area contributed by atoms with Crippen molar-refractivity contribution >= 4 is 0 Å². The van der Waals surface area contributed by atoms with Crippen molar-refractivity contribution in [3.63, 3.8) is 0 Å². The maximum absolute atomic E-state index is 5.88. The molecule has 2 atom stereocenters. The number of nitrogens with zero attached hydrogens (tertiary/aromatic N) is 1. The molecule has 0 saturated heterocycles. The average Bonchev–Trinajstić information content (AvgIpc) is 2.81. The van der Waals surface area contributed by atoms with E-state index in [0.29, 0.717) is 18.5 Å². The Bertz CT molecular complexity index is 288. The van der Waals surface area contributed by atoms with Crippen molar-refractivity contribution in [1.29, 1.82) is 0 Å². The Kier molecular flexibility index (Phi) is 6.26. The first-order valence-corrected chi connectivity index (χ1v) is 6.18. The molecule has 0 bridgehead atoms. The van der Waals surface area contributed by atoms with E-state index in [1.165, 1.54) is 0 Å². The topological polar surface area (TPSA) is 51.6 Å². The lowest BCUT2D eigenvalue weighted by Gasteiger charge is -2.33. The first-order valence-electron chi connectivity index (χ1n) is 6.18. The van der Waals surface area contributed by atoms with Gasteiger partial charge in [-0.2, -0.15) is 0 Å². The highest BCUT2D eigenvalue weighted by Crippen LogP contribution is 2.15. The zero-order valence-electron chi connectivity index (χ0n) is 11.1. The van der Waals surface area contributed by atoms with Crippen LogP contribution >= 0.6 is 0 Å². The smallest absolute Gasteiger partial charge is 0.117 e. The van der Waals surface area contributed by atoms with Crippen LogP contribution in [0.15, 0.2) is 22.8 Å². The Morgan fingerprint density at radius 1 is 1.53 bits per heavy atom. The first kappa shape index (κ1) is 14.2. The van der Waals surface area contributed by atoms with Gasteiger partial charge in [-0.3, -0.25) is 4.90 Å². The number of rotatable bonds is 8. The van der Waals surface area contributed by atoms with E-state index in [9.17, 15) is 0 Å². The Morgan fingerprint density at radius 2 is 2.29 bits per heavy atom. The van der Waals surface area contributed by atoms with Gasteiger partial charge in [0.15, 0.2) is 0 Å². The lowest BCUT2D eigenvalue weighted by molar-refractivity contribution is 0.0799. The van der Waals surface area contributed by atoms with Gasteiger partial charge in [-0.25, -0.2) is 0 Å². The van der Waals surface area contributed by atoms with Crippen molar-refractivity contribution in [2.45, 2.75) is 26.4 Å². The second kappa shape index (κ2) is 7.48. The fourth-order valence-corrected chi connectivity index (χ4v) is 2.18. The van der Waals surface area contributed by atoms with Crippen LogP contribution in [-0.4, -0.2) is 37.7 Å². The standard InChI is InChI=1S/C13H24N2O2/c1-4-15(9-12-6-5-7-17-12)13(8-14)11(2)10-16-3/h5-7,11,13H,4,8-10,14H2,1-3H3. The van der Waals surface area contributed by atoms with Crippen LogP contribution < -0.4 is 5.73 Å². The molecule has 1 heterocycles. The summed E-state index contributed by atoms with van der Waals surface area (Å²) in [4.78, 5) is 2.34. The predicted octanol–water partition coefficient (Wildman–Crippen LogP) is 1.71. The number of likely N-dealkylation sites (N-methyl/N-ethyl adjacent to an activating group) is 1. The van der Waals surface area contributed by atoms with Gasteiger partial charge in [-0.1, -0.05) is 13.8 Å². The molecule has 0 aliphatic rings. The third-order valence-electron chi connectivity index (χ3n) is 3.14. The molecular formula is C13H24N2O2. The molecule has 0 saturated carbocycles. The molecule has 4 nitrogen and oxygen atoms in total. The molecule has 98 valence electrons. The molecule has 1 rings (SSSR count). The molecule has 0 spiro atoms. The van der Waals surface area contributed by atoms with Gasteiger partial charge >= 0.3 is 0 Å². The van der Waals surface area contributed by atoms with Gasteiger partial charge in [0, 0.05) is 19.7 Å². The fourth-order valence-electron chi connectivity index (χ4n) is 2.18. The van der Waals surface area contributed by atoms with Crippen molar-refractivity contribution in [1.82, 2.24) is 4.90 Å². The molecule has 0 radical (unpaired) electrons. The molecule has 0 aromatic carbocycles. The third-order valence-corrected chi connectivity index (χ3v) is 3.14. The van der Waals surface area contributed by atoms with Gasteiger partial charge in [0.25, 0.3) is 0 Å². The summed E-state index contributed by atoms with van der Waals surface area (Å²) in [5, 5.41) is 0. The predicted molar refractivity (Wildman–Crippen MR) is 68.7 cm³/mol. The molecule has 0 aliphatic heterocycles. The van der Waals surface area contributed by atoms with E-state index in [4.69, 9.17) is 14.9 Å². The molecule has 1 aromatic rings. The van der Waals surface area contributed by atoms with Crippen LogP contribution in [0.3, 0.4) is 0 Å². The lowest BCUT2D eigenvalue weighted by atomic mass is 10.0. The summed E-state index contributed by atoms with van der Waals surface area (Å²) in [5.41, 5.74) is 5.88. The molecule has 0 fully saturated rings. The highest BCUT2D eigenvalue weighted by atomic mass is 16.5. The van der Waals surface area contributed by atoms with E-state index in [-0.39, 0.29) is 0 Å². The van der Waals surface area contributed by atoms with Gasteiger partial charge in [0.05, 0.1) is 19.4 Å². The summed E-state index contributed by atoms with van der Waals surface area (Å²) in [6, 6.07) is 4.24. The van der Waals surface area contributed by atoms with Crippen molar-refractivity contribution in [2.75, 3.05) is 26.8 Å². The quantitative estimate of drug-likeness (QED) is 0.751. The van der Waals surface area contributed by atoms with E-state index in [1.54, 1.807) is 13.4 Å². The summed E-state index contributed by atoms with van der Waals surface area (Å²) < 4.78 is 10.6. The Hall–Kier alpha value is -0.840. The maximum atomic E-state index is 5.88. The van der Waals surface area contributed by atoms with Gasteiger partial charge in [0.1, 0.15) is 5.76 Å². The molecule has 0 amide bonds. The van der Waals surface area contributed by atoms with Crippen LogP contribution in [0.5, 0.6) is 0 Å². The summed E-state index contributed by atoms with van der Waals surface area (Å²) in [5.74, 6) is 1.40. The molecule has 0 aliphatic carbocycles. The van der Waals surface area contributed by atoms with Gasteiger partial charge in [0.2, 0.25) is 0 Å². The number of hydrogen-bond donors (Lipinski definition) is 1. The minimum absolute atomic E-state index is 0.324. The second-order valence-corrected chi connectivity index (χ2v) is 4.38. The summed E-state index contributed by atoms with van der Waals surface area (Å²) >= 11 is 0. The van der Waals surface area contributed by atoms with Crippen LogP contribution in [-0.2, 0) is 11.3 Å². The van der Waals surface area contributed by atoms with Crippen molar-refractivity contribution in [2.24, 2.45) is 11.7 Å². The third kappa shape index (κ3) is 4.15. The van der Waals surface area contributed by atoms with Crippen LogP contribution in [0.25, 0.3) is 0 Å². The van der Waals surface area contributed by atoms with Gasteiger partial charge < -0.3 is 14.9 Å². The zero-order valence-corrected chi connectivity index (χ0v) is 11.1. The Labute approximate surface area is 104 Å². The van der Waals surface area contributed by atoms with E-state index in [1.807, 2.05) is 12.1 Å². The van der Waals surface area contributed by atoms with Crippen molar-refractivity contribution in [3.05, 3.63) is 24.2 Å². The van der Waals surface area contributed by atoms with Crippen molar-refractivity contribution in [3.8, 4) is 0 Å². The van der Waals surface area contributed by atoms with E-state index in [2.05, 4.69) is 18.7 Å². The van der Waals surface area contributed by atoms with E-state index < -0.39 is 0 Å². The molecular weight excluding hydrogens is 216 g/mol. The minimum atomic E-state index is 0.324. The number of nitrogens with two attached hydrogens (primary N) is 1. The monoisotopic (exact) mass is 240 g/mol. The molecule has 2 unspecified atom stereocenters. The molecule has 4 heteroatoms. The lowest BCUT2D eigenvalue weighted by Crippen LogP contribution is -2.45. The first-order chi connectivity index (χ1) is 8.22. The van der Waals surface area contributed by atoms with E-state index in [0.717, 1.165) is 25.5 Å². The maximum Gasteiger partial charge on any atom is 0.117 e. The minimum Gasteiger partial charge on any atom is -0.468 e. The second-order valence-electron chi connectivity index (χ2n) is 4.38. The van der Waals surface area contributed by atoms with Crippen LogP contribution in [0.2, 0.25) is 0 Å². The highest BCUT2D eigenvalue weighted by molar-refractivity contribution is 4.98. The average molecular weight is 240 g/mol. The summed E-state index contributed by atoms with van der Waals surface area (Å²) in [6.07, 6.45) is 1.71. The number of hydrogen-bond acceptors (Lipinski definition) is 4. The molecule has 2 N–H and O–H groups in total. The number of ether oxygens (including phenoxy) is 1. The Morgan fingerprint density at radius 3 is 2.76 bits per heavy atom. The highest BCUT2D eigenvalue weighted by Gasteiger charge is 2.22. The van der Waals surface area contributed by atoms with Crippen molar-refractivity contribution < 1.29 is 9.15 Å².